The summed E-state index contributed by atoms with van der Waals surface area (Å²) >= 11 is 13.8. The summed E-state index contributed by atoms with van der Waals surface area (Å²) in [5.74, 6) is -0.648. The summed E-state index contributed by atoms with van der Waals surface area (Å²) < 4.78 is 39.5. The van der Waals surface area contributed by atoms with E-state index in [9.17, 15) is 13.6 Å². The van der Waals surface area contributed by atoms with Gasteiger partial charge in [-0.3, -0.25) is 5.32 Å². The quantitative estimate of drug-likeness (QED) is 0.330. The average Bonchev–Trinajstić information content (AvgIpc) is 2.75. The fourth-order valence-corrected chi connectivity index (χ4v) is 4.69. The number of anilines is 1. The van der Waals surface area contributed by atoms with Crippen LogP contribution in [-0.4, -0.2) is 23.8 Å². The lowest BCUT2D eigenvalue weighted by molar-refractivity contribution is 0.0635. The number of methoxy groups -OCH3 is 1. The minimum atomic E-state index is -0.795. The predicted octanol–water partition coefficient (Wildman–Crippen LogP) is 7.90. The van der Waals surface area contributed by atoms with Crippen molar-refractivity contribution in [1.82, 2.24) is 4.98 Å². The molecule has 0 radical (unpaired) electrons. The van der Waals surface area contributed by atoms with E-state index < -0.39 is 28.6 Å². The zero-order chi connectivity index (χ0) is 25.0. The van der Waals surface area contributed by atoms with E-state index in [1.807, 2.05) is 0 Å². The van der Waals surface area contributed by atoms with Crippen LogP contribution in [0, 0.1) is 11.6 Å². The number of rotatable bonds is 6. The molecule has 0 saturated carbocycles. The topological polar surface area (TPSA) is 60.5 Å². The van der Waals surface area contributed by atoms with Gasteiger partial charge in [-0.15, -0.1) is 11.8 Å². The Balaban J connectivity index is 2.06. The van der Waals surface area contributed by atoms with Crippen LogP contribution in [0.3, 0.4) is 0 Å². The molecular weight excluding hydrogens is 505 g/mol. The summed E-state index contributed by atoms with van der Waals surface area (Å²) in [7, 11) is 1.48. The largest absolute Gasteiger partial charge is 0.495 e. The molecular formula is C24H22Cl2F2N2O3S. The third kappa shape index (κ3) is 6.74. The van der Waals surface area contributed by atoms with Crippen molar-refractivity contribution in [3.05, 3.63) is 81.5 Å². The molecule has 0 aliphatic carbocycles. The van der Waals surface area contributed by atoms with Crippen molar-refractivity contribution >= 4 is 46.9 Å². The van der Waals surface area contributed by atoms with Crippen LogP contribution in [0.5, 0.6) is 5.75 Å². The monoisotopic (exact) mass is 526 g/mol. The number of carbonyl (C=O) groups is 1. The number of benzene rings is 2. The third-order valence-corrected chi connectivity index (χ3v) is 6.31. The Hall–Kier alpha value is -2.55. The van der Waals surface area contributed by atoms with Crippen LogP contribution in [0.25, 0.3) is 0 Å². The van der Waals surface area contributed by atoms with Gasteiger partial charge in [0.15, 0.2) is 0 Å². The first-order valence-electron chi connectivity index (χ1n) is 10.1. The number of nitrogens with zero attached hydrogens (tertiary/aromatic N) is 1. The second-order valence-electron chi connectivity index (χ2n) is 8.18. The molecule has 2 aromatic carbocycles. The highest BCUT2D eigenvalue weighted by Gasteiger charge is 2.25. The second-order valence-corrected chi connectivity index (χ2v) is 10.2. The van der Waals surface area contributed by atoms with Crippen LogP contribution >= 0.6 is 35.0 Å². The number of amides is 1. The van der Waals surface area contributed by atoms with Crippen LogP contribution in [0.4, 0.5) is 19.4 Å². The lowest BCUT2D eigenvalue weighted by Crippen LogP contribution is -2.27. The number of hydrogen-bond acceptors (Lipinski definition) is 5. The maximum absolute atomic E-state index is 14.9. The van der Waals surface area contributed by atoms with E-state index in [1.54, 1.807) is 39.0 Å². The minimum Gasteiger partial charge on any atom is -0.495 e. The number of pyridine rings is 1. The zero-order valence-corrected chi connectivity index (χ0v) is 21.1. The molecule has 0 aliphatic rings. The van der Waals surface area contributed by atoms with Crippen molar-refractivity contribution < 1.29 is 23.0 Å². The van der Waals surface area contributed by atoms with Gasteiger partial charge < -0.3 is 9.47 Å². The molecule has 0 bridgehead atoms. The van der Waals surface area contributed by atoms with Crippen molar-refractivity contribution in [2.24, 2.45) is 0 Å². The number of nitrogens with one attached hydrogen (secondary N) is 1. The van der Waals surface area contributed by atoms with E-state index in [0.29, 0.717) is 21.2 Å². The van der Waals surface area contributed by atoms with Crippen LogP contribution in [0.2, 0.25) is 10.0 Å². The highest BCUT2D eigenvalue weighted by atomic mass is 35.5. The van der Waals surface area contributed by atoms with Gasteiger partial charge in [0.1, 0.15) is 28.8 Å². The summed E-state index contributed by atoms with van der Waals surface area (Å²) in [6.45, 7) is 5.19. The van der Waals surface area contributed by atoms with E-state index >= 15 is 0 Å². The Labute approximate surface area is 210 Å². The molecule has 1 atom stereocenters. The molecule has 0 saturated heterocycles. The summed E-state index contributed by atoms with van der Waals surface area (Å²) in [4.78, 5) is 17.0. The van der Waals surface area contributed by atoms with E-state index in [4.69, 9.17) is 32.7 Å². The molecule has 180 valence electrons. The summed E-state index contributed by atoms with van der Waals surface area (Å²) in [5, 5.41) is 2.36. The predicted molar refractivity (Wildman–Crippen MR) is 131 cm³/mol. The number of halogens is 4. The fourth-order valence-electron chi connectivity index (χ4n) is 2.99. The van der Waals surface area contributed by atoms with E-state index in [1.165, 1.54) is 31.1 Å². The van der Waals surface area contributed by atoms with Crippen LogP contribution < -0.4 is 10.1 Å². The molecule has 1 N–H and O–H groups in total. The zero-order valence-electron chi connectivity index (χ0n) is 18.8. The van der Waals surface area contributed by atoms with Gasteiger partial charge >= 0.3 is 6.09 Å². The van der Waals surface area contributed by atoms with Gasteiger partial charge in [-0.05, 0) is 68.8 Å². The fraction of sp³-hybridized carbons (Fsp3) is 0.250. The summed E-state index contributed by atoms with van der Waals surface area (Å²) in [6, 6.07) is 9.76. The van der Waals surface area contributed by atoms with E-state index in [2.05, 4.69) is 10.3 Å². The average molecular weight is 527 g/mol. The highest BCUT2D eigenvalue weighted by molar-refractivity contribution is 7.99. The standard InChI is InChI=1S/C24H22Cl2F2N2O3S/c1-24(2,3)33-23(31)30-21-11-15(18(26)12-29-21)22(16-9-13(27)5-8-19(16)28)34-14-6-7-17(25)20(10-14)32-4/h5-12,22H,1-4H3,(H,29,30,31). The first-order chi connectivity index (χ1) is 16.0. The Morgan fingerprint density at radius 3 is 2.47 bits per heavy atom. The maximum atomic E-state index is 14.9. The number of carbonyl (C=O) groups excluding carboxylic acids is 1. The van der Waals surface area contributed by atoms with E-state index in [0.717, 1.165) is 18.2 Å². The van der Waals surface area contributed by atoms with Crippen molar-refractivity contribution in [1.29, 1.82) is 0 Å². The molecule has 0 aliphatic heterocycles. The molecule has 34 heavy (non-hydrogen) atoms. The Morgan fingerprint density at radius 1 is 1.06 bits per heavy atom. The molecule has 1 unspecified atom stereocenters. The van der Waals surface area contributed by atoms with Crippen LogP contribution in [0.1, 0.15) is 37.1 Å². The molecule has 3 rings (SSSR count). The molecule has 1 heterocycles. The Kier molecular flexibility index (Phi) is 8.28. The first kappa shape index (κ1) is 26.1. The Morgan fingerprint density at radius 2 is 1.79 bits per heavy atom. The number of hydrogen-bond donors (Lipinski definition) is 1. The number of thioether (sulfide) groups is 1. The lowest BCUT2D eigenvalue weighted by Gasteiger charge is -2.22. The third-order valence-electron chi connectivity index (χ3n) is 4.41. The van der Waals surface area contributed by atoms with Gasteiger partial charge in [-0.1, -0.05) is 23.2 Å². The SMILES string of the molecule is COc1cc(SC(c2cc(F)ccc2F)c2cc(NC(=O)OC(C)(C)C)ncc2Cl)ccc1Cl. The van der Waals surface area contributed by atoms with Crippen molar-refractivity contribution in [2.75, 3.05) is 12.4 Å². The van der Waals surface area contributed by atoms with Gasteiger partial charge in [0.05, 0.1) is 22.4 Å². The molecule has 3 aromatic rings. The number of ether oxygens (including phenoxy) is 2. The van der Waals surface area contributed by atoms with Gasteiger partial charge in [-0.25, -0.2) is 18.6 Å². The van der Waals surface area contributed by atoms with Gasteiger partial charge in [0.25, 0.3) is 0 Å². The Bertz CT molecular complexity index is 1210. The maximum Gasteiger partial charge on any atom is 0.413 e. The normalized spacial score (nSPS) is 12.2. The highest BCUT2D eigenvalue weighted by Crippen LogP contribution is 2.45. The van der Waals surface area contributed by atoms with Crippen LogP contribution in [-0.2, 0) is 4.74 Å². The second kappa shape index (κ2) is 10.8. The van der Waals surface area contributed by atoms with Crippen molar-refractivity contribution in [3.63, 3.8) is 0 Å². The van der Waals surface area contributed by atoms with Crippen molar-refractivity contribution in [3.8, 4) is 5.75 Å². The molecule has 0 fully saturated rings. The van der Waals surface area contributed by atoms with Crippen molar-refractivity contribution in [2.45, 2.75) is 36.5 Å². The molecule has 1 amide bonds. The molecule has 1 aromatic heterocycles. The van der Waals surface area contributed by atoms with Gasteiger partial charge in [-0.2, -0.15) is 0 Å². The summed E-state index contributed by atoms with van der Waals surface area (Å²) in [6.07, 6.45) is 0.619. The van der Waals surface area contributed by atoms with E-state index in [-0.39, 0.29) is 16.4 Å². The smallest absolute Gasteiger partial charge is 0.413 e. The number of aromatic nitrogens is 1. The summed E-state index contributed by atoms with van der Waals surface area (Å²) in [5.41, 5.74) is -0.239. The molecule has 0 spiro atoms. The minimum absolute atomic E-state index is 0.0650. The molecule has 5 nitrogen and oxygen atoms in total. The van der Waals surface area contributed by atoms with Gasteiger partial charge in [0.2, 0.25) is 0 Å². The first-order valence-corrected chi connectivity index (χ1v) is 11.7. The molecule has 10 heteroatoms. The van der Waals surface area contributed by atoms with Crippen LogP contribution in [0.15, 0.2) is 53.6 Å². The lowest BCUT2D eigenvalue weighted by atomic mass is 10.0. The van der Waals surface area contributed by atoms with Gasteiger partial charge in [0, 0.05) is 16.7 Å².